The average molecular weight is 263 g/mol. The average Bonchev–Trinajstić information content (AvgIpc) is 2.77. The second-order valence-electron chi connectivity index (χ2n) is 6.32. The van der Waals surface area contributed by atoms with Gasteiger partial charge >= 0.3 is 0 Å². The van der Waals surface area contributed by atoms with E-state index in [2.05, 4.69) is 20.6 Å². The Morgan fingerprint density at radius 1 is 1.16 bits per heavy atom. The summed E-state index contributed by atoms with van der Waals surface area (Å²) in [7, 11) is 0. The zero-order valence-corrected chi connectivity index (χ0v) is 11.7. The fraction of sp³-hybridized carbons (Fsp3) is 0.800. The normalized spacial score (nSPS) is 23.8. The van der Waals surface area contributed by atoms with E-state index in [1.165, 1.54) is 44.3 Å². The Labute approximate surface area is 115 Å². The minimum Gasteiger partial charge on any atom is -0.396 e. The lowest BCUT2D eigenvalue weighted by Gasteiger charge is -2.38. The lowest BCUT2D eigenvalue weighted by atomic mass is 9.80. The topological polar surface area (TPSA) is 41.3 Å². The third-order valence-corrected chi connectivity index (χ3v) is 4.88. The first kappa shape index (κ1) is 13.1. The molecular weight excluding hydrogens is 238 g/mol. The van der Waals surface area contributed by atoms with Crippen molar-refractivity contribution in [1.82, 2.24) is 14.5 Å². The minimum atomic E-state index is 0.144. The van der Waals surface area contributed by atoms with Gasteiger partial charge in [-0.05, 0) is 12.8 Å². The molecule has 3 rings (SSSR count). The van der Waals surface area contributed by atoms with Crippen molar-refractivity contribution in [3.8, 4) is 0 Å². The van der Waals surface area contributed by atoms with E-state index in [-0.39, 0.29) is 5.41 Å². The van der Waals surface area contributed by atoms with Crippen LogP contribution in [0.15, 0.2) is 12.4 Å². The summed E-state index contributed by atoms with van der Waals surface area (Å²) in [5.74, 6) is 1.17. The van der Waals surface area contributed by atoms with Gasteiger partial charge in [-0.3, -0.25) is 4.90 Å². The van der Waals surface area contributed by atoms with Crippen molar-refractivity contribution in [2.24, 2.45) is 5.41 Å². The minimum absolute atomic E-state index is 0.144. The lowest BCUT2D eigenvalue weighted by molar-refractivity contribution is 0.0481. The van der Waals surface area contributed by atoms with Crippen LogP contribution < -0.4 is 0 Å². The molecule has 1 aliphatic carbocycles. The van der Waals surface area contributed by atoms with Crippen molar-refractivity contribution in [3.05, 3.63) is 18.2 Å². The van der Waals surface area contributed by atoms with Gasteiger partial charge in [0.15, 0.2) is 0 Å². The molecule has 2 aliphatic rings. The van der Waals surface area contributed by atoms with Crippen LogP contribution in [0.25, 0.3) is 0 Å². The van der Waals surface area contributed by atoms with Crippen molar-refractivity contribution < 1.29 is 5.11 Å². The number of imidazole rings is 1. The summed E-state index contributed by atoms with van der Waals surface area (Å²) in [5.41, 5.74) is 0.144. The monoisotopic (exact) mass is 263 g/mol. The number of hydrogen-bond acceptors (Lipinski definition) is 3. The molecule has 0 aromatic carbocycles. The van der Waals surface area contributed by atoms with Crippen molar-refractivity contribution in [1.29, 1.82) is 0 Å². The molecule has 0 amide bonds. The SMILES string of the molecule is OCC1(CN2CCn3ccnc3C2)CCCCCC1. The van der Waals surface area contributed by atoms with Crippen LogP contribution in [0.3, 0.4) is 0 Å². The fourth-order valence-electron chi connectivity index (χ4n) is 3.68. The van der Waals surface area contributed by atoms with E-state index in [0.29, 0.717) is 6.61 Å². The van der Waals surface area contributed by atoms with E-state index < -0.39 is 0 Å². The molecule has 0 bridgehead atoms. The summed E-state index contributed by atoms with van der Waals surface area (Å²) >= 11 is 0. The predicted molar refractivity (Wildman–Crippen MR) is 74.7 cm³/mol. The maximum absolute atomic E-state index is 9.90. The summed E-state index contributed by atoms with van der Waals surface area (Å²) in [4.78, 5) is 6.92. The van der Waals surface area contributed by atoms with Crippen LogP contribution in [-0.2, 0) is 13.1 Å². The van der Waals surface area contributed by atoms with Crippen molar-refractivity contribution in [2.75, 3.05) is 19.7 Å². The molecular formula is C15H25N3O. The van der Waals surface area contributed by atoms with Crippen LogP contribution in [0.2, 0.25) is 0 Å². The molecule has 1 aliphatic heterocycles. The van der Waals surface area contributed by atoms with E-state index in [1.807, 2.05) is 6.20 Å². The van der Waals surface area contributed by atoms with Gasteiger partial charge in [-0.15, -0.1) is 0 Å². The van der Waals surface area contributed by atoms with Crippen molar-refractivity contribution >= 4 is 0 Å². The summed E-state index contributed by atoms with van der Waals surface area (Å²) < 4.78 is 2.25. The fourth-order valence-corrected chi connectivity index (χ4v) is 3.68. The van der Waals surface area contributed by atoms with E-state index >= 15 is 0 Å². The molecule has 1 fully saturated rings. The first-order chi connectivity index (χ1) is 9.31. The van der Waals surface area contributed by atoms with E-state index in [1.54, 1.807) is 0 Å². The summed E-state index contributed by atoms with van der Waals surface area (Å²) in [6.45, 7) is 4.45. The van der Waals surface area contributed by atoms with Crippen LogP contribution in [0.1, 0.15) is 44.3 Å². The number of aliphatic hydroxyl groups excluding tert-OH is 1. The third kappa shape index (κ3) is 2.84. The number of fused-ring (bicyclic) bond motifs is 1. The number of rotatable bonds is 3. The molecule has 1 aromatic heterocycles. The third-order valence-electron chi connectivity index (χ3n) is 4.88. The van der Waals surface area contributed by atoms with Crippen LogP contribution in [0.4, 0.5) is 0 Å². The lowest BCUT2D eigenvalue weighted by Crippen LogP contribution is -2.43. The molecule has 2 heterocycles. The van der Waals surface area contributed by atoms with Crippen LogP contribution in [-0.4, -0.2) is 39.3 Å². The number of aliphatic hydroxyl groups is 1. The maximum atomic E-state index is 9.90. The zero-order valence-electron chi connectivity index (χ0n) is 11.7. The Bertz CT molecular complexity index is 407. The molecule has 0 radical (unpaired) electrons. The highest BCUT2D eigenvalue weighted by atomic mass is 16.3. The van der Waals surface area contributed by atoms with E-state index in [0.717, 1.165) is 26.2 Å². The Balaban J connectivity index is 1.66. The Hall–Kier alpha value is -0.870. The Morgan fingerprint density at radius 3 is 2.68 bits per heavy atom. The van der Waals surface area contributed by atoms with E-state index in [4.69, 9.17) is 0 Å². The molecule has 4 nitrogen and oxygen atoms in total. The van der Waals surface area contributed by atoms with Gasteiger partial charge in [-0.1, -0.05) is 25.7 Å². The predicted octanol–water partition coefficient (Wildman–Crippen LogP) is 2.03. The number of nitrogens with zero attached hydrogens (tertiary/aromatic N) is 3. The van der Waals surface area contributed by atoms with Crippen LogP contribution in [0.5, 0.6) is 0 Å². The molecule has 1 N–H and O–H groups in total. The molecule has 1 aromatic rings. The maximum Gasteiger partial charge on any atom is 0.122 e. The highest BCUT2D eigenvalue weighted by molar-refractivity contribution is 4.97. The number of aromatic nitrogens is 2. The van der Waals surface area contributed by atoms with E-state index in [9.17, 15) is 5.11 Å². The standard InChI is InChI=1S/C15H25N3O/c19-13-15(5-3-1-2-4-6-15)12-17-9-10-18-8-7-16-14(18)11-17/h7-8,19H,1-6,9-13H2. The first-order valence-corrected chi connectivity index (χ1v) is 7.65. The highest BCUT2D eigenvalue weighted by Gasteiger charge is 2.33. The Kier molecular flexibility index (Phi) is 3.89. The summed E-state index contributed by atoms with van der Waals surface area (Å²) in [6.07, 6.45) is 11.6. The second-order valence-corrected chi connectivity index (χ2v) is 6.32. The van der Waals surface area contributed by atoms with Gasteiger partial charge in [0, 0.05) is 44.0 Å². The summed E-state index contributed by atoms with van der Waals surface area (Å²) in [6, 6.07) is 0. The van der Waals surface area contributed by atoms with Crippen LogP contribution >= 0.6 is 0 Å². The van der Waals surface area contributed by atoms with Gasteiger partial charge in [0.1, 0.15) is 5.82 Å². The summed E-state index contributed by atoms with van der Waals surface area (Å²) in [5, 5.41) is 9.90. The number of hydrogen-bond donors (Lipinski definition) is 1. The zero-order chi connectivity index (χ0) is 13.1. The van der Waals surface area contributed by atoms with Gasteiger partial charge in [0.05, 0.1) is 6.54 Å². The molecule has 4 heteroatoms. The van der Waals surface area contributed by atoms with Gasteiger partial charge in [-0.25, -0.2) is 4.98 Å². The Morgan fingerprint density at radius 2 is 1.95 bits per heavy atom. The van der Waals surface area contributed by atoms with Crippen LogP contribution in [0, 0.1) is 5.41 Å². The van der Waals surface area contributed by atoms with Crippen molar-refractivity contribution in [3.63, 3.8) is 0 Å². The molecule has 0 atom stereocenters. The molecule has 106 valence electrons. The smallest absolute Gasteiger partial charge is 0.122 e. The van der Waals surface area contributed by atoms with Gasteiger partial charge in [0.2, 0.25) is 0 Å². The van der Waals surface area contributed by atoms with Gasteiger partial charge in [0.25, 0.3) is 0 Å². The molecule has 0 spiro atoms. The first-order valence-electron chi connectivity index (χ1n) is 7.65. The quantitative estimate of drug-likeness (QED) is 0.848. The highest BCUT2D eigenvalue weighted by Crippen LogP contribution is 2.36. The molecule has 0 unspecified atom stereocenters. The molecule has 1 saturated carbocycles. The molecule has 0 saturated heterocycles. The van der Waals surface area contributed by atoms with Crippen molar-refractivity contribution in [2.45, 2.75) is 51.6 Å². The largest absolute Gasteiger partial charge is 0.396 e. The van der Waals surface area contributed by atoms with Gasteiger partial charge in [-0.2, -0.15) is 0 Å². The van der Waals surface area contributed by atoms with Gasteiger partial charge < -0.3 is 9.67 Å². The molecule has 19 heavy (non-hydrogen) atoms. The second kappa shape index (κ2) is 5.63.